The number of aromatic nitrogens is 1. The molecule has 2 N–H and O–H groups in total. The molecule has 0 spiro atoms. The summed E-state index contributed by atoms with van der Waals surface area (Å²) in [5, 5.41) is 8.81. The number of likely N-dealkylation sites (N-methyl/N-ethyl adjacent to an activating group) is 1. The minimum Gasteiger partial charge on any atom is -0.350 e. The van der Waals surface area contributed by atoms with Gasteiger partial charge in [0.2, 0.25) is 0 Å². The third kappa shape index (κ3) is 4.04. The third-order valence-corrected chi connectivity index (χ3v) is 6.03. The van der Waals surface area contributed by atoms with Gasteiger partial charge in [-0.2, -0.15) is 11.3 Å². The van der Waals surface area contributed by atoms with Crippen molar-refractivity contribution in [2.24, 2.45) is 0 Å². The highest BCUT2D eigenvalue weighted by Gasteiger charge is 2.20. The zero-order chi connectivity index (χ0) is 18.8. The topological polar surface area (TPSA) is 51.4 Å². The lowest BCUT2D eigenvalue weighted by Gasteiger charge is -2.32. The Kier molecular flexibility index (Phi) is 5.50. The summed E-state index contributed by atoms with van der Waals surface area (Å²) in [7, 11) is 2.15. The Labute approximate surface area is 167 Å². The molecule has 0 radical (unpaired) electrons. The number of amides is 1. The summed E-state index contributed by atoms with van der Waals surface area (Å²) in [5.74, 6) is -0.0716. The van der Waals surface area contributed by atoms with E-state index in [0.717, 1.165) is 54.8 Å². The van der Waals surface area contributed by atoms with Crippen molar-refractivity contribution >= 4 is 39.7 Å². The van der Waals surface area contributed by atoms with Crippen molar-refractivity contribution in [3.05, 3.63) is 45.7 Å². The van der Waals surface area contributed by atoms with Crippen LogP contribution in [-0.2, 0) is 0 Å². The van der Waals surface area contributed by atoms with E-state index in [2.05, 4.69) is 32.5 Å². The first kappa shape index (κ1) is 18.5. The van der Waals surface area contributed by atoms with Crippen molar-refractivity contribution in [3.63, 3.8) is 0 Å². The molecule has 1 aliphatic heterocycles. The molecule has 0 bridgehead atoms. The van der Waals surface area contributed by atoms with E-state index in [1.165, 1.54) is 0 Å². The molecule has 1 aromatic carbocycles. The molecule has 1 aliphatic rings. The van der Waals surface area contributed by atoms with Crippen molar-refractivity contribution in [2.45, 2.75) is 0 Å². The van der Waals surface area contributed by atoms with Crippen LogP contribution in [0.15, 0.2) is 35.0 Å². The molecule has 5 nitrogen and oxygen atoms in total. The lowest BCUT2D eigenvalue weighted by Crippen LogP contribution is -2.46. The van der Waals surface area contributed by atoms with Gasteiger partial charge in [0.25, 0.3) is 5.91 Å². The van der Waals surface area contributed by atoms with E-state index < -0.39 is 0 Å². The minimum absolute atomic E-state index is 0.0716. The molecular formula is C20H23ClN4OS. The Bertz CT molecular complexity index is 929. The fraction of sp³-hybridized carbons (Fsp3) is 0.350. The van der Waals surface area contributed by atoms with E-state index in [1.807, 2.05) is 29.6 Å². The van der Waals surface area contributed by atoms with Gasteiger partial charge in [-0.1, -0.05) is 11.6 Å². The van der Waals surface area contributed by atoms with Crippen LogP contribution in [0.1, 0.15) is 10.5 Å². The maximum atomic E-state index is 12.9. The standard InChI is InChI=1S/C20H23ClN4OS/c1-24-7-9-25(10-8-24)6-5-22-20(26)19-18(14-4-11-27-13-14)16-12-15(21)2-3-17(16)23-19/h2-4,11-13,23H,5-10H2,1H3,(H,22,26). The molecule has 1 saturated heterocycles. The summed E-state index contributed by atoms with van der Waals surface area (Å²) in [4.78, 5) is 20.9. The third-order valence-electron chi connectivity index (χ3n) is 5.11. The Morgan fingerprint density at radius 3 is 2.81 bits per heavy atom. The van der Waals surface area contributed by atoms with Crippen LogP contribution in [-0.4, -0.2) is 67.0 Å². The Morgan fingerprint density at radius 1 is 1.26 bits per heavy atom. The molecule has 0 saturated carbocycles. The number of H-pyrrole nitrogens is 1. The number of carbonyl (C=O) groups excluding carboxylic acids is 1. The summed E-state index contributed by atoms with van der Waals surface area (Å²) in [5.41, 5.74) is 3.48. The van der Waals surface area contributed by atoms with Crippen molar-refractivity contribution in [1.29, 1.82) is 0 Å². The van der Waals surface area contributed by atoms with Crippen LogP contribution in [0.3, 0.4) is 0 Å². The van der Waals surface area contributed by atoms with Gasteiger partial charge in [-0.15, -0.1) is 0 Å². The molecule has 1 amide bonds. The van der Waals surface area contributed by atoms with Crippen LogP contribution in [0.2, 0.25) is 5.02 Å². The molecule has 0 aliphatic carbocycles. The number of nitrogens with zero attached hydrogens (tertiary/aromatic N) is 2. The summed E-state index contributed by atoms with van der Waals surface area (Å²) in [6, 6.07) is 7.72. The highest BCUT2D eigenvalue weighted by atomic mass is 35.5. The normalized spacial score (nSPS) is 16.1. The summed E-state index contributed by atoms with van der Waals surface area (Å²) in [6.45, 7) is 5.79. The van der Waals surface area contributed by atoms with Crippen LogP contribution >= 0.6 is 22.9 Å². The second kappa shape index (κ2) is 8.02. The monoisotopic (exact) mass is 402 g/mol. The van der Waals surface area contributed by atoms with E-state index in [1.54, 1.807) is 11.3 Å². The smallest absolute Gasteiger partial charge is 0.268 e. The molecule has 2 aromatic heterocycles. The van der Waals surface area contributed by atoms with Crippen molar-refractivity contribution < 1.29 is 4.79 Å². The molecule has 0 atom stereocenters. The van der Waals surface area contributed by atoms with Gasteiger partial charge in [0.15, 0.2) is 0 Å². The predicted octanol–water partition coefficient (Wildman–Crippen LogP) is 3.53. The first-order valence-electron chi connectivity index (χ1n) is 9.15. The first-order chi connectivity index (χ1) is 13.1. The average molecular weight is 403 g/mol. The molecular weight excluding hydrogens is 380 g/mol. The number of piperazine rings is 1. The first-order valence-corrected chi connectivity index (χ1v) is 10.5. The molecule has 142 valence electrons. The number of benzene rings is 1. The van der Waals surface area contributed by atoms with Crippen LogP contribution in [0, 0.1) is 0 Å². The van der Waals surface area contributed by atoms with E-state index in [9.17, 15) is 4.79 Å². The number of hydrogen-bond donors (Lipinski definition) is 2. The SMILES string of the molecule is CN1CCN(CCNC(=O)c2[nH]c3ccc(Cl)cc3c2-c2ccsc2)CC1. The second-order valence-corrected chi connectivity index (χ2v) is 8.19. The number of fused-ring (bicyclic) bond motifs is 1. The highest BCUT2D eigenvalue weighted by Crippen LogP contribution is 2.35. The fourth-order valence-corrected chi connectivity index (χ4v) is 4.35. The predicted molar refractivity (Wildman–Crippen MR) is 113 cm³/mol. The average Bonchev–Trinajstić information content (AvgIpc) is 3.30. The number of carbonyl (C=O) groups is 1. The number of thiophene rings is 1. The summed E-state index contributed by atoms with van der Waals surface area (Å²) < 4.78 is 0. The zero-order valence-electron chi connectivity index (χ0n) is 15.3. The highest BCUT2D eigenvalue weighted by molar-refractivity contribution is 7.08. The van der Waals surface area contributed by atoms with Gasteiger partial charge in [-0.3, -0.25) is 9.69 Å². The van der Waals surface area contributed by atoms with Gasteiger partial charge < -0.3 is 15.2 Å². The van der Waals surface area contributed by atoms with Crippen molar-refractivity contribution in [3.8, 4) is 11.1 Å². The van der Waals surface area contributed by atoms with E-state index >= 15 is 0 Å². The van der Waals surface area contributed by atoms with Crippen LogP contribution < -0.4 is 5.32 Å². The maximum absolute atomic E-state index is 12.9. The molecule has 7 heteroatoms. The molecule has 3 heterocycles. The van der Waals surface area contributed by atoms with Gasteiger partial charge >= 0.3 is 0 Å². The molecule has 1 fully saturated rings. The Morgan fingerprint density at radius 2 is 2.07 bits per heavy atom. The van der Waals surface area contributed by atoms with Gasteiger partial charge in [0.1, 0.15) is 5.69 Å². The lowest BCUT2D eigenvalue weighted by molar-refractivity contribution is 0.0937. The lowest BCUT2D eigenvalue weighted by atomic mass is 10.0. The van der Waals surface area contributed by atoms with Gasteiger partial charge in [-0.05, 0) is 47.6 Å². The van der Waals surface area contributed by atoms with Gasteiger partial charge in [-0.25, -0.2) is 0 Å². The van der Waals surface area contributed by atoms with Crippen LogP contribution in [0.4, 0.5) is 0 Å². The molecule has 3 aromatic rings. The van der Waals surface area contributed by atoms with E-state index in [0.29, 0.717) is 17.3 Å². The maximum Gasteiger partial charge on any atom is 0.268 e. The Balaban J connectivity index is 1.52. The number of nitrogens with one attached hydrogen (secondary N) is 2. The molecule has 4 rings (SSSR count). The zero-order valence-corrected chi connectivity index (χ0v) is 16.9. The summed E-state index contributed by atoms with van der Waals surface area (Å²) in [6.07, 6.45) is 0. The van der Waals surface area contributed by atoms with E-state index in [4.69, 9.17) is 11.6 Å². The van der Waals surface area contributed by atoms with E-state index in [-0.39, 0.29) is 5.91 Å². The quantitative estimate of drug-likeness (QED) is 0.686. The second-order valence-electron chi connectivity index (χ2n) is 6.98. The number of halogens is 1. The molecule has 0 unspecified atom stereocenters. The Hall–Kier alpha value is -1.86. The number of aromatic amines is 1. The van der Waals surface area contributed by atoms with Crippen molar-refractivity contribution in [1.82, 2.24) is 20.1 Å². The fourth-order valence-electron chi connectivity index (χ4n) is 3.53. The molecule has 27 heavy (non-hydrogen) atoms. The van der Waals surface area contributed by atoms with Crippen LogP contribution in [0.25, 0.3) is 22.0 Å². The van der Waals surface area contributed by atoms with Crippen LogP contribution in [0.5, 0.6) is 0 Å². The van der Waals surface area contributed by atoms with Crippen molar-refractivity contribution in [2.75, 3.05) is 46.3 Å². The summed E-state index contributed by atoms with van der Waals surface area (Å²) >= 11 is 7.82. The van der Waals surface area contributed by atoms with Gasteiger partial charge in [0.05, 0.1) is 0 Å². The number of hydrogen-bond acceptors (Lipinski definition) is 4. The largest absolute Gasteiger partial charge is 0.350 e. The minimum atomic E-state index is -0.0716. The number of rotatable bonds is 5. The van der Waals surface area contributed by atoms with Gasteiger partial charge in [0, 0.05) is 60.8 Å².